The highest BCUT2D eigenvalue weighted by atomic mass is 79.9. The van der Waals surface area contributed by atoms with E-state index in [9.17, 15) is 14.9 Å². The first-order chi connectivity index (χ1) is 9.47. The Hall–Kier alpha value is -2.41. The van der Waals surface area contributed by atoms with Crippen molar-refractivity contribution in [3.63, 3.8) is 0 Å². The number of rotatable bonds is 3. The molecule has 20 heavy (non-hydrogen) atoms. The lowest BCUT2D eigenvalue weighted by Crippen LogP contribution is -2.12. The predicted octanol–water partition coefficient (Wildman–Crippen LogP) is 3.19. The molecule has 0 saturated carbocycles. The van der Waals surface area contributed by atoms with Gasteiger partial charge in [-0.15, -0.1) is 0 Å². The van der Waals surface area contributed by atoms with Gasteiger partial charge >= 0.3 is 0 Å². The largest absolute Gasteiger partial charge is 0.393 e. The Kier molecular flexibility index (Phi) is 3.99. The van der Waals surface area contributed by atoms with Gasteiger partial charge in [0.15, 0.2) is 0 Å². The van der Waals surface area contributed by atoms with E-state index in [2.05, 4.69) is 21.2 Å². The molecule has 0 fully saturated rings. The van der Waals surface area contributed by atoms with Gasteiger partial charge in [0.2, 0.25) is 0 Å². The number of anilines is 2. The molecule has 0 bridgehead atoms. The van der Waals surface area contributed by atoms with Gasteiger partial charge in [-0.25, -0.2) is 0 Å². The van der Waals surface area contributed by atoms with Crippen molar-refractivity contribution in [2.75, 3.05) is 11.1 Å². The van der Waals surface area contributed by atoms with Crippen LogP contribution in [0.1, 0.15) is 10.4 Å². The molecule has 0 unspecified atom stereocenters. The van der Waals surface area contributed by atoms with Crippen molar-refractivity contribution in [2.24, 2.45) is 0 Å². The van der Waals surface area contributed by atoms with Crippen molar-refractivity contribution in [1.29, 1.82) is 0 Å². The van der Waals surface area contributed by atoms with Crippen LogP contribution < -0.4 is 11.1 Å². The standard InChI is InChI=1S/C13H10BrN3O3/c14-9-2-1-3-10(7-9)16-13(18)8-4-5-11(15)12(6-8)17(19)20/h1-7H,15H2,(H,16,18). The highest BCUT2D eigenvalue weighted by molar-refractivity contribution is 9.10. The summed E-state index contributed by atoms with van der Waals surface area (Å²) >= 11 is 3.29. The summed E-state index contributed by atoms with van der Waals surface area (Å²) < 4.78 is 0.818. The first kappa shape index (κ1) is 14.0. The predicted molar refractivity (Wildman–Crippen MR) is 79.6 cm³/mol. The summed E-state index contributed by atoms with van der Waals surface area (Å²) in [5.74, 6) is -0.439. The van der Waals surface area contributed by atoms with Crippen LogP contribution in [0.3, 0.4) is 0 Å². The minimum absolute atomic E-state index is 0.0222. The highest BCUT2D eigenvalue weighted by Crippen LogP contribution is 2.23. The van der Waals surface area contributed by atoms with Crippen molar-refractivity contribution >= 4 is 38.9 Å². The Labute approximate surface area is 122 Å². The van der Waals surface area contributed by atoms with Gasteiger partial charge in [0.05, 0.1) is 4.92 Å². The maximum atomic E-state index is 12.0. The second-order valence-corrected chi connectivity index (χ2v) is 4.91. The zero-order valence-corrected chi connectivity index (χ0v) is 11.8. The quantitative estimate of drug-likeness (QED) is 0.511. The SMILES string of the molecule is Nc1ccc(C(=O)Nc2cccc(Br)c2)cc1[N+](=O)[O-]. The molecule has 3 N–H and O–H groups in total. The smallest absolute Gasteiger partial charge is 0.292 e. The molecule has 1 amide bonds. The average molecular weight is 336 g/mol. The molecule has 102 valence electrons. The van der Waals surface area contributed by atoms with Gasteiger partial charge in [-0.1, -0.05) is 22.0 Å². The fourth-order valence-corrected chi connectivity index (χ4v) is 2.01. The Morgan fingerprint density at radius 2 is 2.00 bits per heavy atom. The maximum absolute atomic E-state index is 12.0. The number of nitrogens with zero attached hydrogens (tertiary/aromatic N) is 1. The average Bonchev–Trinajstić information content (AvgIpc) is 2.38. The van der Waals surface area contributed by atoms with E-state index in [0.717, 1.165) is 10.5 Å². The minimum Gasteiger partial charge on any atom is -0.393 e. The molecule has 0 atom stereocenters. The van der Waals surface area contributed by atoms with Crippen molar-refractivity contribution < 1.29 is 9.72 Å². The van der Waals surface area contributed by atoms with E-state index in [0.29, 0.717) is 5.69 Å². The number of benzene rings is 2. The number of nitrogens with two attached hydrogens (primary N) is 1. The molecule has 0 aromatic heterocycles. The van der Waals surface area contributed by atoms with E-state index in [-0.39, 0.29) is 16.9 Å². The molecule has 2 aromatic rings. The molecule has 2 rings (SSSR count). The Morgan fingerprint density at radius 1 is 1.25 bits per heavy atom. The van der Waals surface area contributed by atoms with E-state index in [4.69, 9.17) is 5.73 Å². The molecule has 0 aliphatic heterocycles. The van der Waals surface area contributed by atoms with Crippen LogP contribution in [0.25, 0.3) is 0 Å². The summed E-state index contributed by atoms with van der Waals surface area (Å²) in [6.45, 7) is 0. The number of carbonyl (C=O) groups excluding carboxylic acids is 1. The number of nitro benzene ring substituents is 1. The van der Waals surface area contributed by atoms with Crippen LogP contribution in [0, 0.1) is 10.1 Å². The van der Waals surface area contributed by atoms with Gasteiger partial charge in [0, 0.05) is 21.8 Å². The van der Waals surface area contributed by atoms with Crippen LogP contribution in [-0.2, 0) is 0 Å². The molecule has 0 spiro atoms. The van der Waals surface area contributed by atoms with Crippen molar-refractivity contribution in [2.45, 2.75) is 0 Å². The zero-order chi connectivity index (χ0) is 14.7. The molecule has 2 aromatic carbocycles. The van der Waals surface area contributed by atoms with Gasteiger partial charge in [-0.2, -0.15) is 0 Å². The molecule has 6 nitrogen and oxygen atoms in total. The summed E-state index contributed by atoms with van der Waals surface area (Å²) in [7, 11) is 0. The molecule has 0 aliphatic rings. The number of halogens is 1. The number of hydrogen-bond donors (Lipinski definition) is 2. The Morgan fingerprint density at radius 3 is 2.65 bits per heavy atom. The van der Waals surface area contributed by atoms with Crippen LogP contribution in [0.5, 0.6) is 0 Å². The first-order valence-electron chi connectivity index (χ1n) is 5.58. The summed E-state index contributed by atoms with van der Waals surface area (Å²) in [5.41, 5.74) is 5.98. The fourth-order valence-electron chi connectivity index (χ4n) is 1.61. The van der Waals surface area contributed by atoms with Crippen LogP contribution >= 0.6 is 15.9 Å². The van der Waals surface area contributed by atoms with Crippen molar-refractivity contribution in [3.05, 3.63) is 62.6 Å². The van der Waals surface area contributed by atoms with Crippen molar-refractivity contribution in [1.82, 2.24) is 0 Å². The number of nitrogens with one attached hydrogen (secondary N) is 1. The van der Waals surface area contributed by atoms with Gasteiger partial charge in [0.1, 0.15) is 5.69 Å². The summed E-state index contributed by atoms with van der Waals surface area (Å²) in [6.07, 6.45) is 0. The Bertz CT molecular complexity index is 688. The van der Waals surface area contributed by atoms with Crippen LogP contribution in [0.15, 0.2) is 46.9 Å². The van der Waals surface area contributed by atoms with E-state index >= 15 is 0 Å². The van der Waals surface area contributed by atoms with Gasteiger partial charge in [0.25, 0.3) is 11.6 Å². The third-order valence-electron chi connectivity index (χ3n) is 2.57. The lowest BCUT2D eigenvalue weighted by atomic mass is 10.1. The summed E-state index contributed by atoms with van der Waals surface area (Å²) in [6, 6.07) is 11.0. The van der Waals surface area contributed by atoms with Gasteiger partial charge < -0.3 is 11.1 Å². The molecule has 7 heteroatoms. The van der Waals surface area contributed by atoms with Crippen molar-refractivity contribution in [3.8, 4) is 0 Å². The molecule has 0 radical (unpaired) electrons. The van der Waals surface area contributed by atoms with E-state index in [1.54, 1.807) is 18.2 Å². The van der Waals surface area contributed by atoms with Crippen LogP contribution in [0.4, 0.5) is 17.1 Å². The van der Waals surface area contributed by atoms with Gasteiger partial charge in [-0.3, -0.25) is 14.9 Å². The molecular weight excluding hydrogens is 326 g/mol. The van der Waals surface area contributed by atoms with Gasteiger partial charge in [-0.05, 0) is 30.3 Å². The topological polar surface area (TPSA) is 98.3 Å². The third-order valence-corrected chi connectivity index (χ3v) is 3.07. The maximum Gasteiger partial charge on any atom is 0.292 e. The normalized spacial score (nSPS) is 10.1. The highest BCUT2D eigenvalue weighted by Gasteiger charge is 2.15. The molecule has 0 aliphatic carbocycles. The van der Waals surface area contributed by atoms with E-state index < -0.39 is 10.8 Å². The van der Waals surface area contributed by atoms with E-state index in [1.165, 1.54) is 12.1 Å². The first-order valence-corrected chi connectivity index (χ1v) is 6.37. The third kappa shape index (κ3) is 3.12. The second-order valence-electron chi connectivity index (χ2n) is 4.00. The summed E-state index contributed by atoms with van der Waals surface area (Å²) in [4.78, 5) is 22.2. The molecular formula is C13H10BrN3O3. The lowest BCUT2D eigenvalue weighted by molar-refractivity contribution is -0.383. The number of hydrogen-bond acceptors (Lipinski definition) is 4. The number of carbonyl (C=O) groups is 1. The molecule has 0 saturated heterocycles. The number of nitrogen functional groups attached to an aromatic ring is 1. The monoisotopic (exact) mass is 335 g/mol. The van der Waals surface area contributed by atoms with Crippen LogP contribution in [-0.4, -0.2) is 10.8 Å². The zero-order valence-electron chi connectivity index (χ0n) is 10.2. The van der Waals surface area contributed by atoms with E-state index in [1.807, 2.05) is 6.07 Å². The number of nitro groups is 1. The second kappa shape index (κ2) is 5.70. The Balaban J connectivity index is 2.26. The minimum atomic E-state index is -0.620. The molecule has 0 heterocycles. The fraction of sp³-hybridized carbons (Fsp3) is 0. The number of amides is 1. The van der Waals surface area contributed by atoms with Crippen LogP contribution in [0.2, 0.25) is 0 Å². The lowest BCUT2D eigenvalue weighted by Gasteiger charge is -2.06. The summed E-state index contributed by atoms with van der Waals surface area (Å²) in [5, 5.41) is 13.4.